The van der Waals surface area contributed by atoms with Crippen LogP contribution in [0.5, 0.6) is 0 Å². The minimum atomic E-state index is 0.800. The molecule has 0 amide bonds. The first-order valence-corrected chi connectivity index (χ1v) is 6.55. The highest BCUT2D eigenvalue weighted by Crippen LogP contribution is 2.07. The Balaban J connectivity index is 1.89. The molecule has 4 nitrogen and oxygen atoms in total. The van der Waals surface area contributed by atoms with Gasteiger partial charge in [0.25, 0.3) is 0 Å². The fraction of sp³-hybridized carbons (Fsp3) is 0.333. The smallest absolute Gasteiger partial charge is 0.144 e. The maximum atomic E-state index is 4.41. The van der Waals surface area contributed by atoms with Crippen molar-refractivity contribution in [1.29, 1.82) is 0 Å². The third kappa shape index (κ3) is 4.34. The van der Waals surface area contributed by atoms with Crippen molar-refractivity contribution in [3.05, 3.63) is 54.0 Å². The fourth-order valence-corrected chi connectivity index (χ4v) is 1.94. The number of rotatable bonds is 6. The van der Waals surface area contributed by atoms with Gasteiger partial charge in [-0.15, -0.1) is 0 Å². The van der Waals surface area contributed by atoms with E-state index in [-0.39, 0.29) is 0 Å². The third-order valence-electron chi connectivity index (χ3n) is 2.79. The lowest BCUT2D eigenvalue weighted by Crippen LogP contribution is -2.18. The second-order valence-electron chi connectivity index (χ2n) is 4.58. The molecule has 0 spiro atoms. The minimum Gasteiger partial charge on any atom is -0.369 e. The van der Waals surface area contributed by atoms with Crippen molar-refractivity contribution in [2.75, 3.05) is 18.9 Å². The number of benzene rings is 1. The van der Waals surface area contributed by atoms with Gasteiger partial charge in [-0.1, -0.05) is 30.3 Å². The summed E-state index contributed by atoms with van der Waals surface area (Å²) in [5.41, 5.74) is 2.29. The van der Waals surface area contributed by atoms with Crippen LogP contribution in [0, 0.1) is 0 Å². The van der Waals surface area contributed by atoms with Gasteiger partial charge in [0.05, 0.1) is 18.1 Å². The topological polar surface area (TPSA) is 41.1 Å². The molecule has 0 saturated heterocycles. The lowest BCUT2D eigenvalue weighted by molar-refractivity contribution is 0.314. The molecule has 1 aromatic carbocycles. The van der Waals surface area contributed by atoms with Gasteiger partial charge in [0.15, 0.2) is 0 Å². The fourth-order valence-electron chi connectivity index (χ4n) is 1.94. The van der Waals surface area contributed by atoms with Crippen LogP contribution in [0.4, 0.5) is 5.82 Å². The van der Waals surface area contributed by atoms with Gasteiger partial charge in [0.2, 0.25) is 0 Å². The summed E-state index contributed by atoms with van der Waals surface area (Å²) in [6.45, 7) is 4.62. The van der Waals surface area contributed by atoms with Gasteiger partial charge < -0.3 is 5.32 Å². The Morgan fingerprint density at radius 3 is 2.47 bits per heavy atom. The summed E-state index contributed by atoms with van der Waals surface area (Å²) in [5.74, 6) is 0.831. The summed E-state index contributed by atoms with van der Waals surface area (Å²) in [5, 5.41) is 3.14. The van der Waals surface area contributed by atoms with Crippen LogP contribution in [-0.2, 0) is 13.1 Å². The molecule has 19 heavy (non-hydrogen) atoms. The minimum absolute atomic E-state index is 0.800. The van der Waals surface area contributed by atoms with E-state index in [4.69, 9.17) is 0 Å². The molecule has 1 N–H and O–H groups in total. The third-order valence-corrected chi connectivity index (χ3v) is 2.79. The lowest BCUT2D eigenvalue weighted by Gasteiger charge is -2.16. The van der Waals surface area contributed by atoms with Gasteiger partial charge in [-0.2, -0.15) is 0 Å². The molecule has 0 atom stereocenters. The van der Waals surface area contributed by atoms with Gasteiger partial charge in [-0.05, 0) is 19.5 Å². The van der Waals surface area contributed by atoms with Crippen molar-refractivity contribution in [1.82, 2.24) is 14.9 Å². The number of anilines is 1. The average molecular weight is 256 g/mol. The predicted octanol–water partition coefficient (Wildman–Crippen LogP) is 2.54. The number of hydrogen-bond acceptors (Lipinski definition) is 4. The van der Waals surface area contributed by atoms with Gasteiger partial charge in [0, 0.05) is 19.6 Å². The van der Waals surface area contributed by atoms with Crippen LogP contribution >= 0.6 is 0 Å². The van der Waals surface area contributed by atoms with E-state index in [2.05, 4.69) is 51.5 Å². The van der Waals surface area contributed by atoms with E-state index in [1.165, 1.54) is 5.56 Å². The van der Waals surface area contributed by atoms with Crippen molar-refractivity contribution in [3.8, 4) is 0 Å². The molecule has 100 valence electrons. The number of hydrogen-bond donors (Lipinski definition) is 1. The van der Waals surface area contributed by atoms with E-state index in [0.29, 0.717) is 0 Å². The van der Waals surface area contributed by atoms with Crippen molar-refractivity contribution in [2.24, 2.45) is 0 Å². The highest BCUT2D eigenvalue weighted by molar-refractivity contribution is 5.30. The Kier molecular flexibility index (Phi) is 4.86. The average Bonchev–Trinajstić information content (AvgIpc) is 2.42. The van der Waals surface area contributed by atoms with Crippen LogP contribution in [0.1, 0.15) is 18.2 Å². The zero-order valence-corrected chi connectivity index (χ0v) is 11.5. The molecule has 0 aliphatic rings. The monoisotopic (exact) mass is 256 g/mol. The first-order valence-electron chi connectivity index (χ1n) is 6.55. The summed E-state index contributed by atoms with van der Waals surface area (Å²) in [4.78, 5) is 11.0. The first kappa shape index (κ1) is 13.5. The summed E-state index contributed by atoms with van der Waals surface area (Å²) < 4.78 is 0. The molecule has 0 aliphatic heterocycles. The lowest BCUT2D eigenvalue weighted by atomic mass is 10.2. The summed E-state index contributed by atoms with van der Waals surface area (Å²) in [7, 11) is 2.09. The SMILES string of the molecule is CCNc1cnc(CN(C)Cc2ccccc2)cn1. The Hall–Kier alpha value is -1.94. The van der Waals surface area contributed by atoms with Crippen LogP contribution in [0.3, 0.4) is 0 Å². The number of aromatic nitrogens is 2. The molecule has 2 rings (SSSR count). The van der Waals surface area contributed by atoms with E-state index >= 15 is 0 Å². The van der Waals surface area contributed by atoms with Crippen molar-refractivity contribution in [3.63, 3.8) is 0 Å². The van der Waals surface area contributed by atoms with E-state index < -0.39 is 0 Å². The van der Waals surface area contributed by atoms with Crippen molar-refractivity contribution in [2.45, 2.75) is 20.0 Å². The van der Waals surface area contributed by atoms with Gasteiger partial charge in [-0.25, -0.2) is 4.98 Å². The van der Waals surface area contributed by atoms with Crippen molar-refractivity contribution >= 4 is 5.82 Å². The first-order chi connectivity index (χ1) is 9.28. The van der Waals surface area contributed by atoms with E-state index in [0.717, 1.165) is 31.1 Å². The van der Waals surface area contributed by atoms with E-state index in [1.807, 2.05) is 19.2 Å². The summed E-state index contributed by atoms with van der Waals surface area (Å²) in [6, 6.07) is 10.4. The van der Waals surface area contributed by atoms with Crippen LogP contribution in [0.25, 0.3) is 0 Å². The molecule has 4 heteroatoms. The quantitative estimate of drug-likeness (QED) is 0.862. The highest BCUT2D eigenvalue weighted by Gasteiger charge is 2.03. The Labute approximate surface area is 114 Å². The van der Waals surface area contributed by atoms with Gasteiger partial charge >= 0.3 is 0 Å². The summed E-state index contributed by atoms with van der Waals surface area (Å²) >= 11 is 0. The van der Waals surface area contributed by atoms with Crippen LogP contribution in [0.2, 0.25) is 0 Å². The van der Waals surface area contributed by atoms with Crippen LogP contribution in [0.15, 0.2) is 42.7 Å². The maximum Gasteiger partial charge on any atom is 0.144 e. The number of nitrogens with zero attached hydrogens (tertiary/aromatic N) is 3. The Bertz CT molecular complexity index is 481. The Morgan fingerprint density at radius 2 is 1.84 bits per heavy atom. The molecule has 0 unspecified atom stereocenters. The second-order valence-corrected chi connectivity index (χ2v) is 4.58. The van der Waals surface area contributed by atoms with Crippen LogP contribution in [-0.4, -0.2) is 28.5 Å². The standard InChI is InChI=1S/C15H20N4/c1-3-16-15-10-17-14(9-18-15)12-19(2)11-13-7-5-4-6-8-13/h4-10H,3,11-12H2,1-2H3,(H,16,18). The molecule has 1 aromatic heterocycles. The normalized spacial score (nSPS) is 10.7. The second kappa shape index (κ2) is 6.85. The van der Waals surface area contributed by atoms with Crippen LogP contribution < -0.4 is 5.32 Å². The molecule has 0 aliphatic carbocycles. The molecular formula is C15H20N4. The van der Waals surface area contributed by atoms with Gasteiger partial charge in [0.1, 0.15) is 5.82 Å². The molecule has 1 heterocycles. The predicted molar refractivity (Wildman–Crippen MR) is 77.8 cm³/mol. The zero-order valence-electron chi connectivity index (χ0n) is 11.5. The maximum absolute atomic E-state index is 4.41. The van der Waals surface area contributed by atoms with E-state index in [1.54, 1.807) is 6.20 Å². The zero-order chi connectivity index (χ0) is 13.5. The number of nitrogens with one attached hydrogen (secondary N) is 1. The van der Waals surface area contributed by atoms with Gasteiger partial charge in [-0.3, -0.25) is 9.88 Å². The van der Waals surface area contributed by atoms with E-state index in [9.17, 15) is 0 Å². The van der Waals surface area contributed by atoms with Crippen molar-refractivity contribution < 1.29 is 0 Å². The molecule has 0 saturated carbocycles. The molecule has 0 radical (unpaired) electrons. The summed E-state index contributed by atoms with van der Waals surface area (Å²) in [6.07, 6.45) is 3.62. The molecular weight excluding hydrogens is 236 g/mol. The Morgan fingerprint density at radius 1 is 1.05 bits per heavy atom. The largest absolute Gasteiger partial charge is 0.369 e. The highest BCUT2D eigenvalue weighted by atomic mass is 15.1. The molecule has 0 bridgehead atoms. The molecule has 2 aromatic rings. The molecule has 0 fully saturated rings.